The smallest absolute Gasteiger partial charge is 0.247 e. The Hall–Kier alpha value is -1.95. The largest absolute Gasteiger partial charge is 0.330 e. The predicted octanol–water partition coefficient (Wildman–Crippen LogP) is 2.01. The van der Waals surface area contributed by atoms with Gasteiger partial charge in [-0.3, -0.25) is 4.79 Å². The third kappa shape index (κ3) is 2.38. The second kappa shape index (κ2) is 5.20. The molecule has 2 aromatic rings. The molecule has 0 aromatic carbocycles. The van der Waals surface area contributed by atoms with Gasteiger partial charge in [0.25, 0.3) is 0 Å². The SMILES string of the molecule is Cc1cnc(N2CCN(c3cccs3)C(=O)C2)nc1C. The molecule has 0 radical (unpaired) electrons. The highest BCUT2D eigenvalue weighted by Crippen LogP contribution is 2.24. The van der Waals surface area contributed by atoms with Gasteiger partial charge in [0.15, 0.2) is 0 Å². The molecule has 1 aliphatic heterocycles. The maximum absolute atomic E-state index is 12.3. The lowest BCUT2D eigenvalue weighted by Crippen LogP contribution is -2.51. The molecule has 1 saturated heterocycles. The number of anilines is 2. The summed E-state index contributed by atoms with van der Waals surface area (Å²) in [6, 6.07) is 3.94. The van der Waals surface area contributed by atoms with E-state index < -0.39 is 0 Å². The van der Waals surface area contributed by atoms with Crippen LogP contribution in [0.4, 0.5) is 10.9 Å². The van der Waals surface area contributed by atoms with Crippen LogP contribution in [0.2, 0.25) is 0 Å². The van der Waals surface area contributed by atoms with Gasteiger partial charge in [0, 0.05) is 25.0 Å². The number of hydrogen-bond donors (Lipinski definition) is 0. The molecule has 0 N–H and O–H groups in total. The molecule has 104 valence electrons. The van der Waals surface area contributed by atoms with Crippen LogP contribution in [0.15, 0.2) is 23.7 Å². The summed E-state index contributed by atoms with van der Waals surface area (Å²) in [7, 11) is 0. The summed E-state index contributed by atoms with van der Waals surface area (Å²) in [6.07, 6.45) is 1.81. The second-order valence-corrected chi connectivity index (χ2v) is 5.78. The fraction of sp³-hybridized carbons (Fsp3) is 0.357. The third-order valence-corrected chi connectivity index (χ3v) is 4.38. The average molecular weight is 288 g/mol. The first-order valence-electron chi connectivity index (χ1n) is 6.54. The molecule has 1 fully saturated rings. The standard InChI is InChI=1S/C14H16N4OS/c1-10-8-15-14(16-11(10)2)17-5-6-18(12(19)9-17)13-4-3-7-20-13/h3-4,7-8H,5-6,9H2,1-2H3. The third-order valence-electron chi connectivity index (χ3n) is 3.49. The van der Waals surface area contributed by atoms with E-state index in [9.17, 15) is 4.79 Å². The van der Waals surface area contributed by atoms with Crippen LogP contribution in [-0.4, -0.2) is 35.5 Å². The van der Waals surface area contributed by atoms with Gasteiger partial charge < -0.3 is 9.80 Å². The summed E-state index contributed by atoms with van der Waals surface area (Å²) in [6.45, 7) is 5.71. The second-order valence-electron chi connectivity index (χ2n) is 4.86. The lowest BCUT2D eigenvalue weighted by Gasteiger charge is -2.33. The first-order valence-corrected chi connectivity index (χ1v) is 7.42. The van der Waals surface area contributed by atoms with E-state index in [1.54, 1.807) is 11.3 Å². The number of aryl methyl sites for hydroxylation is 2. The molecule has 20 heavy (non-hydrogen) atoms. The Morgan fingerprint density at radius 2 is 2.15 bits per heavy atom. The van der Waals surface area contributed by atoms with Crippen LogP contribution in [0.3, 0.4) is 0 Å². The van der Waals surface area contributed by atoms with E-state index in [2.05, 4.69) is 9.97 Å². The maximum atomic E-state index is 12.3. The van der Waals surface area contributed by atoms with Gasteiger partial charge in [-0.2, -0.15) is 0 Å². The monoisotopic (exact) mass is 288 g/mol. The fourth-order valence-electron chi connectivity index (χ4n) is 2.17. The maximum Gasteiger partial charge on any atom is 0.247 e. The van der Waals surface area contributed by atoms with Gasteiger partial charge >= 0.3 is 0 Å². The molecule has 2 aromatic heterocycles. The minimum absolute atomic E-state index is 0.0977. The lowest BCUT2D eigenvalue weighted by molar-refractivity contribution is -0.117. The van der Waals surface area contributed by atoms with Crippen LogP contribution in [-0.2, 0) is 4.79 Å². The Morgan fingerprint density at radius 1 is 1.30 bits per heavy atom. The quantitative estimate of drug-likeness (QED) is 0.848. The van der Waals surface area contributed by atoms with E-state index in [-0.39, 0.29) is 5.91 Å². The van der Waals surface area contributed by atoms with E-state index in [0.717, 1.165) is 22.8 Å². The number of amides is 1. The minimum Gasteiger partial charge on any atom is -0.330 e. The lowest BCUT2D eigenvalue weighted by atomic mass is 10.3. The van der Waals surface area contributed by atoms with Gasteiger partial charge in [-0.15, -0.1) is 11.3 Å². The molecule has 6 heteroatoms. The van der Waals surface area contributed by atoms with Crippen LogP contribution in [0.1, 0.15) is 11.3 Å². The molecule has 5 nitrogen and oxygen atoms in total. The number of carbonyl (C=O) groups excluding carboxylic acids is 1. The molecular formula is C14H16N4OS. The summed E-state index contributed by atoms with van der Waals surface area (Å²) in [5.74, 6) is 0.743. The Balaban J connectivity index is 1.76. The number of hydrogen-bond acceptors (Lipinski definition) is 5. The average Bonchev–Trinajstić information content (AvgIpc) is 2.95. The molecule has 0 unspecified atom stereocenters. The summed E-state index contributed by atoms with van der Waals surface area (Å²) in [5, 5.41) is 3.00. The van der Waals surface area contributed by atoms with Crippen molar-refractivity contribution in [2.24, 2.45) is 0 Å². The van der Waals surface area contributed by atoms with Crippen molar-refractivity contribution in [3.63, 3.8) is 0 Å². The van der Waals surface area contributed by atoms with Crippen LogP contribution < -0.4 is 9.80 Å². The summed E-state index contributed by atoms with van der Waals surface area (Å²) in [5.41, 5.74) is 2.03. The molecular weight excluding hydrogens is 272 g/mol. The molecule has 0 atom stereocenters. The molecule has 3 rings (SSSR count). The van der Waals surface area contributed by atoms with Crippen molar-refractivity contribution in [3.05, 3.63) is 35.0 Å². The summed E-state index contributed by atoms with van der Waals surface area (Å²) < 4.78 is 0. The zero-order chi connectivity index (χ0) is 14.1. The van der Waals surface area contributed by atoms with E-state index in [0.29, 0.717) is 19.0 Å². The Labute approximate surface area is 121 Å². The van der Waals surface area contributed by atoms with Crippen molar-refractivity contribution < 1.29 is 4.79 Å². The molecule has 0 saturated carbocycles. The number of carbonyl (C=O) groups is 1. The van der Waals surface area contributed by atoms with Crippen molar-refractivity contribution in [2.75, 3.05) is 29.4 Å². The Bertz CT molecular complexity index is 626. The number of nitrogens with zero attached hydrogens (tertiary/aromatic N) is 4. The topological polar surface area (TPSA) is 49.3 Å². The van der Waals surface area contributed by atoms with Crippen molar-refractivity contribution in [2.45, 2.75) is 13.8 Å². The number of piperazine rings is 1. The summed E-state index contributed by atoms with van der Waals surface area (Å²) in [4.78, 5) is 24.8. The number of rotatable bonds is 2. The van der Waals surface area contributed by atoms with Crippen LogP contribution in [0, 0.1) is 13.8 Å². The molecule has 1 amide bonds. The van der Waals surface area contributed by atoms with Crippen molar-refractivity contribution in [1.29, 1.82) is 0 Å². The zero-order valence-corrected chi connectivity index (χ0v) is 12.4. The highest BCUT2D eigenvalue weighted by Gasteiger charge is 2.27. The molecule has 0 spiro atoms. The van der Waals surface area contributed by atoms with Crippen molar-refractivity contribution in [3.8, 4) is 0 Å². The Morgan fingerprint density at radius 3 is 2.80 bits per heavy atom. The normalized spacial score (nSPS) is 15.8. The van der Waals surface area contributed by atoms with Crippen LogP contribution in [0.25, 0.3) is 0 Å². The van der Waals surface area contributed by atoms with Gasteiger partial charge in [-0.05, 0) is 36.9 Å². The highest BCUT2D eigenvalue weighted by atomic mass is 32.1. The van der Waals surface area contributed by atoms with E-state index in [1.165, 1.54) is 0 Å². The fourth-order valence-corrected chi connectivity index (χ4v) is 2.94. The van der Waals surface area contributed by atoms with Gasteiger partial charge in [0.1, 0.15) is 6.54 Å². The van der Waals surface area contributed by atoms with E-state index >= 15 is 0 Å². The number of thiophene rings is 1. The van der Waals surface area contributed by atoms with E-state index in [1.807, 2.05) is 47.4 Å². The first-order chi connectivity index (χ1) is 9.65. The van der Waals surface area contributed by atoms with Gasteiger partial charge in [0.05, 0.1) is 5.00 Å². The Kier molecular flexibility index (Phi) is 3.40. The highest BCUT2D eigenvalue weighted by molar-refractivity contribution is 7.14. The first kappa shape index (κ1) is 13.1. The van der Waals surface area contributed by atoms with Gasteiger partial charge in [-0.25, -0.2) is 9.97 Å². The molecule has 1 aliphatic rings. The van der Waals surface area contributed by atoms with Crippen molar-refractivity contribution in [1.82, 2.24) is 9.97 Å². The van der Waals surface area contributed by atoms with Crippen molar-refractivity contribution >= 4 is 28.2 Å². The zero-order valence-electron chi connectivity index (χ0n) is 11.5. The molecule has 0 bridgehead atoms. The molecule has 0 aliphatic carbocycles. The van der Waals surface area contributed by atoms with Gasteiger partial charge in [-0.1, -0.05) is 0 Å². The van der Waals surface area contributed by atoms with Crippen LogP contribution >= 0.6 is 11.3 Å². The number of aromatic nitrogens is 2. The van der Waals surface area contributed by atoms with Crippen LogP contribution in [0.5, 0.6) is 0 Å². The van der Waals surface area contributed by atoms with Gasteiger partial charge in [0.2, 0.25) is 11.9 Å². The molecule has 3 heterocycles. The summed E-state index contributed by atoms with van der Waals surface area (Å²) >= 11 is 1.59. The predicted molar refractivity (Wildman–Crippen MR) is 80.4 cm³/mol. The van der Waals surface area contributed by atoms with E-state index in [4.69, 9.17) is 0 Å². The minimum atomic E-state index is 0.0977.